The van der Waals surface area contributed by atoms with E-state index in [1.807, 2.05) is 0 Å². The standard InChI is InChI=1S/C19H19F3N6O3/c1-9-6-12(8-24-17(9)31-15(22)14(20)21)11(3)26-16(29)13-7-10(2)25-18(27-13)28-19-23-4-5-30-19/h4-8,11,14-15H,1-3H3,(H,26,29)(H,23,25,27,28). The van der Waals surface area contributed by atoms with Gasteiger partial charge in [0.05, 0.1) is 12.2 Å². The molecule has 0 aliphatic heterocycles. The third kappa shape index (κ3) is 5.68. The predicted octanol–water partition coefficient (Wildman–Crippen LogP) is 3.65. The number of ether oxygens (including phenoxy) is 1. The zero-order valence-electron chi connectivity index (χ0n) is 16.8. The number of amides is 1. The van der Waals surface area contributed by atoms with Crippen LogP contribution in [0.15, 0.2) is 35.2 Å². The molecule has 2 atom stereocenters. The first-order chi connectivity index (χ1) is 14.7. The number of pyridine rings is 1. The van der Waals surface area contributed by atoms with Gasteiger partial charge in [0, 0.05) is 17.5 Å². The van der Waals surface area contributed by atoms with Gasteiger partial charge in [0.2, 0.25) is 11.8 Å². The molecule has 3 aromatic rings. The number of carbonyl (C=O) groups is 1. The van der Waals surface area contributed by atoms with Gasteiger partial charge in [0.15, 0.2) is 0 Å². The minimum absolute atomic E-state index is 0.107. The Labute approximate surface area is 175 Å². The van der Waals surface area contributed by atoms with E-state index in [2.05, 4.69) is 35.3 Å². The van der Waals surface area contributed by atoms with Crippen molar-refractivity contribution in [2.45, 2.75) is 39.6 Å². The topological polar surface area (TPSA) is 115 Å². The average Bonchev–Trinajstić information content (AvgIpc) is 3.21. The second-order valence-electron chi connectivity index (χ2n) is 6.57. The molecule has 0 radical (unpaired) electrons. The second-order valence-corrected chi connectivity index (χ2v) is 6.57. The van der Waals surface area contributed by atoms with Crippen LogP contribution in [-0.4, -0.2) is 38.6 Å². The minimum Gasteiger partial charge on any atom is -0.437 e. The number of nitrogens with zero attached hydrogens (tertiary/aromatic N) is 4. The summed E-state index contributed by atoms with van der Waals surface area (Å²) in [5, 5.41) is 5.51. The lowest BCUT2D eigenvalue weighted by Crippen LogP contribution is -2.28. The Morgan fingerprint density at radius 2 is 1.94 bits per heavy atom. The highest BCUT2D eigenvalue weighted by atomic mass is 19.3. The lowest BCUT2D eigenvalue weighted by molar-refractivity contribution is -0.0693. The normalized spacial score (nSPS) is 13.0. The van der Waals surface area contributed by atoms with E-state index < -0.39 is 24.7 Å². The molecule has 9 nitrogen and oxygen atoms in total. The van der Waals surface area contributed by atoms with Gasteiger partial charge in [-0.3, -0.25) is 10.1 Å². The third-order valence-electron chi connectivity index (χ3n) is 4.06. The monoisotopic (exact) mass is 436 g/mol. The van der Waals surface area contributed by atoms with Gasteiger partial charge in [0.25, 0.3) is 12.3 Å². The van der Waals surface area contributed by atoms with Crippen molar-refractivity contribution in [3.63, 3.8) is 0 Å². The van der Waals surface area contributed by atoms with Crippen LogP contribution in [0.2, 0.25) is 0 Å². The molecule has 0 bridgehead atoms. The van der Waals surface area contributed by atoms with Gasteiger partial charge in [0.1, 0.15) is 12.0 Å². The van der Waals surface area contributed by atoms with Crippen molar-refractivity contribution < 1.29 is 27.1 Å². The first kappa shape index (κ1) is 22.0. The van der Waals surface area contributed by atoms with E-state index in [-0.39, 0.29) is 23.5 Å². The van der Waals surface area contributed by atoms with Gasteiger partial charge in [-0.25, -0.2) is 28.7 Å². The van der Waals surface area contributed by atoms with Crippen molar-refractivity contribution in [3.05, 3.63) is 53.3 Å². The Balaban J connectivity index is 1.70. The molecule has 0 saturated carbocycles. The lowest BCUT2D eigenvalue weighted by Gasteiger charge is -2.17. The molecule has 0 fully saturated rings. The van der Waals surface area contributed by atoms with E-state index >= 15 is 0 Å². The predicted molar refractivity (Wildman–Crippen MR) is 103 cm³/mol. The largest absolute Gasteiger partial charge is 0.437 e. The summed E-state index contributed by atoms with van der Waals surface area (Å²) in [6.07, 6.45) is -1.92. The zero-order valence-corrected chi connectivity index (χ0v) is 16.8. The smallest absolute Gasteiger partial charge is 0.304 e. The number of hydrogen-bond acceptors (Lipinski definition) is 8. The Morgan fingerprint density at radius 1 is 1.16 bits per heavy atom. The van der Waals surface area contributed by atoms with E-state index in [1.54, 1.807) is 19.9 Å². The first-order valence-electron chi connectivity index (χ1n) is 9.11. The molecule has 0 aromatic carbocycles. The number of hydrogen-bond donors (Lipinski definition) is 2. The third-order valence-corrected chi connectivity index (χ3v) is 4.06. The lowest BCUT2D eigenvalue weighted by atomic mass is 10.1. The molecule has 1 amide bonds. The number of anilines is 2. The van der Waals surface area contributed by atoms with Crippen molar-refractivity contribution in [1.29, 1.82) is 0 Å². The fourth-order valence-electron chi connectivity index (χ4n) is 2.58. The van der Waals surface area contributed by atoms with Crippen LogP contribution in [-0.2, 0) is 0 Å². The molecule has 2 unspecified atom stereocenters. The molecule has 164 valence electrons. The molecule has 3 aromatic heterocycles. The number of nitrogens with one attached hydrogen (secondary N) is 2. The summed E-state index contributed by atoms with van der Waals surface area (Å²) < 4.78 is 47.3. The summed E-state index contributed by atoms with van der Waals surface area (Å²) >= 11 is 0. The minimum atomic E-state index is -3.28. The van der Waals surface area contributed by atoms with Gasteiger partial charge >= 0.3 is 12.4 Å². The second kappa shape index (κ2) is 9.41. The Morgan fingerprint density at radius 3 is 2.58 bits per heavy atom. The molecular weight excluding hydrogens is 417 g/mol. The van der Waals surface area contributed by atoms with Gasteiger partial charge in [-0.15, -0.1) is 0 Å². The van der Waals surface area contributed by atoms with Crippen molar-refractivity contribution in [2.24, 2.45) is 0 Å². The van der Waals surface area contributed by atoms with Crippen LogP contribution < -0.4 is 15.4 Å². The van der Waals surface area contributed by atoms with Crippen LogP contribution in [0.3, 0.4) is 0 Å². The van der Waals surface area contributed by atoms with E-state index in [0.29, 0.717) is 16.8 Å². The van der Waals surface area contributed by atoms with Gasteiger partial charge < -0.3 is 14.5 Å². The average molecular weight is 436 g/mol. The maximum absolute atomic E-state index is 13.1. The molecule has 12 heteroatoms. The van der Waals surface area contributed by atoms with Crippen molar-refractivity contribution >= 4 is 17.9 Å². The number of aromatic nitrogens is 4. The van der Waals surface area contributed by atoms with Crippen LogP contribution in [0.4, 0.5) is 25.1 Å². The SMILES string of the molecule is Cc1cc(C(=O)NC(C)c2cnc(OC(F)C(F)F)c(C)c2)nc(Nc2ncco2)n1. The highest BCUT2D eigenvalue weighted by molar-refractivity contribution is 5.93. The first-order valence-corrected chi connectivity index (χ1v) is 9.11. The highest BCUT2D eigenvalue weighted by Gasteiger charge is 2.23. The molecule has 0 aliphatic rings. The van der Waals surface area contributed by atoms with Crippen LogP contribution in [0.5, 0.6) is 5.88 Å². The number of rotatable bonds is 8. The summed E-state index contributed by atoms with van der Waals surface area (Å²) in [6.45, 7) is 4.94. The summed E-state index contributed by atoms with van der Waals surface area (Å²) in [5.74, 6) is -0.587. The summed E-state index contributed by atoms with van der Waals surface area (Å²) in [6, 6.07) is 2.74. The van der Waals surface area contributed by atoms with E-state index in [1.165, 1.54) is 31.6 Å². The van der Waals surface area contributed by atoms with Crippen LogP contribution in [0.1, 0.15) is 40.3 Å². The number of aryl methyl sites for hydroxylation is 2. The van der Waals surface area contributed by atoms with Gasteiger partial charge in [-0.2, -0.15) is 4.39 Å². The molecule has 2 N–H and O–H groups in total. The zero-order chi connectivity index (χ0) is 22.5. The molecule has 0 spiro atoms. The number of oxazole rings is 1. The quantitative estimate of drug-likeness (QED) is 0.550. The van der Waals surface area contributed by atoms with Crippen molar-refractivity contribution in [1.82, 2.24) is 25.3 Å². The summed E-state index contributed by atoms with van der Waals surface area (Å²) in [7, 11) is 0. The molecule has 31 heavy (non-hydrogen) atoms. The van der Waals surface area contributed by atoms with E-state index in [0.717, 1.165) is 0 Å². The van der Waals surface area contributed by atoms with Crippen molar-refractivity contribution in [3.8, 4) is 5.88 Å². The Hall–Kier alpha value is -3.70. The highest BCUT2D eigenvalue weighted by Crippen LogP contribution is 2.22. The van der Waals surface area contributed by atoms with Gasteiger partial charge in [-0.05, 0) is 38.5 Å². The number of carbonyl (C=O) groups excluding carboxylic acids is 1. The maximum atomic E-state index is 13.1. The Kier molecular flexibility index (Phi) is 6.68. The van der Waals surface area contributed by atoms with Crippen LogP contribution in [0, 0.1) is 13.8 Å². The molecule has 3 rings (SSSR count). The molecular formula is C19H19F3N6O3. The number of alkyl halides is 3. The van der Waals surface area contributed by atoms with E-state index in [9.17, 15) is 18.0 Å². The summed E-state index contributed by atoms with van der Waals surface area (Å²) in [5.41, 5.74) is 1.56. The fraction of sp³-hybridized carbons (Fsp3) is 0.316. The molecule has 3 heterocycles. The van der Waals surface area contributed by atoms with Crippen LogP contribution >= 0.6 is 0 Å². The fourth-order valence-corrected chi connectivity index (χ4v) is 2.58. The maximum Gasteiger partial charge on any atom is 0.304 e. The van der Waals surface area contributed by atoms with Crippen LogP contribution in [0.25, 0.3) is 0 Å². The summed E-state index contributed by atoms with van der Waals surface area (Å²) in [4.78, 5) is 28.8. The molecule has 0 saturated heterocycles. The molecule has 0 aliphatic carbocycles. The van der Waals surface area contributed by atoms with E-state index in [4.69, 9.17) is 4.42 Å². The Bertz CT molecular complexity index is 1050. The number of halogens is 3. The van der Waals surface area contributed by atoms with Crippen molar-refractivity contribution in [2.75, 3.05) is 5.32 Å². The van der Waals surface area contributed by atoms with Gasteiger partial charge in [-0.1, -0.05) is 0 Å².